The lowest BCUT2D eigenvalue weighted by Gasteiger charge is -2.06. The SMILES string of the molecule is CSc1ccnc(Cl)n1.Cn1ncc2cc(N)ccc21.Cn1ncc2cc(Nc3nccc(S(C)(=O)=O)n3)ccc21. The Morgan fingerprint density at radius 2 is 1.51 bits per heavy atom. The van der Waals surface area contributed by atoms with Gasteiger partial charge in [-0.1, -0.05) is 0 Å². The average molecular weight is 611 g/mol. The van der Waals surface area contributed by atoms with Crippen LogP contribution in [-0.4, -0.2) is 60.4 Å². The van der Waals surface area contributed by atoms with Crippen molar-refractivity contribution in [2.24, 2.45) is 14.1 Å². The summed E-state index contributed by atoms with van der Waals surface area (Å²) in [6.45, 7) is 0. The lowest BCUT2D eigenvalue weighted by molar-refractivity contribution is 0.598. The molecule has 6 rings (SSSR count). The van der Waals surface area contributed by atoms with E-state index in [0.717, 1.165) is 44.5 Å². The summed E-state index contributed by atoms with van der Waals surface area (Å²) >= 11 is 7.04. The minimum Gasteiger partial charge on any atom is -0.399 e. The van der Waals surface area contributed by atoms with Crippen molar-refractivity contribution in [3.05, 3.63) is 78.6 Å². The molecule has 0 radical (unpaired) electrons. The number of nitrogens with zero attached hydrogens (tertiary/aromatic N) is 8. The Hall–Kier alpha value is -4.27. The summed E-state index contributed by atoms with van der Waals surface area (Å²) in [6, 6.07) is 14.6. The number of hydrogen-bond acceptors (Lipinski definition) is 11. The topological polar surface area (TPSA) is 159 Å². The standard InChI is InChI=1S/C13H13N5O2S.C8H9N3.C5H5ClN2S/c1-18-11-4-3-10(7-9(11)8-15-18)16-13-14-6-5-12(17-13)21(2,19)20;1-11-8-3-2-7(9)4-6(8)5-10-11;1-9-4-2-3-7-5(6)8-4/h3-8H,1-2H3,(H,14,16,17);2-5H,9H2,1H3;2-3H,1H3. The van der Waals surface area contributed by atoms with Gasteiger partial charge in [0.15, 0.2) is 14.9 Å². The number of anilines is 3. The summed E-state index contributed by atoms with van der Waals surface area (Å²) in [5.41, 5.74) is 9.26. The third-order valence-corrected chi connectivity index (χ3v) is 7.41. The van der Waals surface area contributed by atoms with E-state index >= 15 is 0 Å². The zero-order chi connectivity index (χ0) is 29.6. The summed E-state index contributed by atoms with van der Waals surface area (Å²) in [5, 5.41) is 14.5. The largest absolute Gasteiger partial charge is 0.399 e. The van der Waals surface area contributed by atoms with E-state index in [1.807, 2.05) is 73.7 Å². The molecule has 0 atom stereocenters. The molecule has 4 aromatic heterocycles. The number of aromatic nitrogens is 8. The van der Waals surface area contributed by atoms with Crippen molar-refractivity contribution in [2.45, 2.75) is 10.1 Å². The zero-order valence-electron chi connectivity index (χ0n) is 22.6. The van der Waals surface area contributed by atoms with E-state index in [1.165, 1.54) is 12.3 Å². The van der Waals surface area contributed by atoms with E-state index in [0.29, 0.717) is 5.28 Å². The molecule has 0 amide bonds. The molecule has 41 heavy (non-hydrogen) atoms. The van der Waals surface area contributed by atoms with E-state index in [9.17, 15) is 8.42 Å². The molecular weight excluding hydrogens is 584 g/mol. The minimum absolute atomic E-state index is 0.0116. The van der Waals surface area contributed by atoms with Crippen molar-refractivity contribution in [1.82, 2.24) is 39.5 Å². The molecular formula is C26H27ClN10O2S2. The molecule has 0 unspecified atom stereocenters. The highest BCUT2D eigenvalue weighted by Gasteiger charge is 2.10. The third kappa shape index (κ3) is 7.90. The fourth-order valence-corrected chi connectivity index (χ4v) is 4.73. The average Bonchev–Trinajstić information content (AvgIpc) is 3.50. The fourth-order valence-electron chi connectivity index (χ4n) is 3.59. The predicted molar refractivity (Wildman–Crippen MR) is 163 cm³/mol. The number of nitrogens with two attached hydrogens (primary N) is 1. The molecule has 4 heterocycles. The van der Waals surface area contributed by atoms with Gasteiger partial charge >= 0.3 is 0 Å². The molecule has 0 saturated carbocycles. The highest BCUT2D eigenvalue weighted by Crippen LogP contribution is 2.21. The normalized spacial score (nSPS) is 11.0. The highest BCUT2D eigenvalue weighted by molar-refractivity contribution is 7.98. The van der Waals surface area contributed by atoms with Crippen LogP contribution >= 0.6 is 23.4 Å². The number of sulfone groups is 1. The van der Waals surface area contributed by atoms with Crippen LogP contribution in [0.5, 0.6) is 0 Å². The van der Waals surface area contributed by atoms with Gasteiger partial charge in [0.05, 0.1) is 23.4 Å². The van der Waals surface area contributed by atoms with Crippen LogP contribution < -0.4 is 11.1 Å². The molecule has 0 aliphatic heterocycles. The Balaban J connectivity index is 0.000000161. The molecule has 15 heteroatoms. The first-order chi connectivity index (χ1) is 19.5. The van der Waals surface area contributed by atoms with Crippen LogP contribution in [0.4, 0.5) is 17.3 Å². The van der Waals surface area contributed by atoms with Crippen LogP contribution in [0, 0.1) is 0 Å². The van der Waals surface area contributed by atoms with Gasteiger partial charge in [-0.2, -0.15) is 10.2 Å². The highest BCUT2D eigenvalue weighted by atomic mass is 35.5. The van der Waals surface area contributed by atoms with Crippen LogP contribution in [0.15, 0.2) is 83.4 Å². The first-order valence-electron chi connectivity index (χ1n) is 11.9. The van der Waals surface area contributed by atoms with E-state index in [-0.39, 0.29) is 11.0 Å². The summed E-state index contributed by atoms with van der Waals surface area (Å²) in [7, 11) is 0.431. The summed E-state index contributed by atoms with van der Waals surface area (Å²) < 4.78 is 26.6. The maximum atomic E-state index is 11.5. The molecule has 6 aromatic rings. The van der Waals surface area contributed by atoms with Crippen molar-refractivity contribution in [1.29, 1.82) is 0 Å². The molecule has 3 N–H and O–H groups in total. The van der Waals surface area contributed by atoms with Gasteiger partial charge in [-0.25, -0.2) is 28.4 Å². The molecule has 0 spiro atoms. The van der Waals surface area contributed by atoms with E-state index in [4.69, 9.17) is 17.3 Å². The second-order valence-electron chi connectivity index (χ2n) is 8.61. The van der Waals surface area contributed by atoms with Crippen molar-refractivity contribution >= 4 is 72.3 Å². The van der Waals surface area contributed by atoms with Crippen LogP contribution in [0.2, 0.25) is 5.28 Å². The summed E-state index contributed by atoms with van der Waals surface area (Å²) in [5.74, 6) is 0.237. The van der Waals surface area contributed by atoms with Crippen LogP contribution in [0.1, 0.15) is 0 Å². The first-order valence-corrected chi connectivity index (χ1v) is 15.4. The van der Waals surface area contributed by atoms with Gasteiger partial charge in [0.25, 0.3) is 0 Å². The van der Waals surface area contributed by atoms with Gasteiger partial charge in [-0.05, 0) is 66.4 Å². The third-order valence-electron chi connectivity index (χ3n) is 5.59. The van der Waals surface area contributed by atoms with Crippen molar-refractivity contribution < 1.29 is 8.42 Å². The molecule has 0 bridgehead atoms. The second kappa shape index (κ2) is 12.9. The number of nitrogens with one attached hydrogen (secondary N) is 1. The van der Waals surface area contributed by atoms with Gasteiger partial charge in [-0.15, -0.1) is 11.8 Å². The van der Waals surface area contributed by atoms with Crippen molar-refractivity contribution in [3.63, 3.8) is 0 Å². The molecule has 0 aliphatic carbocycles. The summed E-state index contributed by atoms with van der Waals surface area (Å²) in [6.07, 6.45) is 9.68. The van der Waals surface area contributed by atoms with Crippen LogP contribution in [0.3, 0.4) is 0 Å². The number of nitrogen functional groups attached to an aromatic ring is 1. The number of aryl methyl sites for hydroxylation is 2. The maximum absolute atomic E-state index is 11.5. The molecule has 2 aromatic carbocycles. The van der Waals surface area contributed by atoms with Gasteiger partial charge in [-0.3, -0.25) is 9.36 Å². The lowest BCUT2D eigenvalue weighted by Crippen LogP contribution is -2.04. The number of rotatable bonds is 4. The van der Waals surface area contributed by atoms with Crippen molar-refractivity contribution in [3.8, 4) is 0 Å². The Labute approximate surface area is 245 Å². The number of halogens is 1. The second-order valence-corrected chi connectivity index (χ2v) is 11.7. The van der Waals surface area contributed by atoms with Gasteiger partial charge < -0.3 is 11.1 Å². The Morgan fingerprint density at radius 3 is 2.12 bits per heavy atom. The van der Waals surface area contributed by atoms with Gasteiger partial charge in [0.2, 0.25) is 11.2 Å². The summed E-state index contributed by atoms with van der Waals surface area (Å²) in [4.78, 5) is 15.7. The predicted octanol–water partition coefficient (Wildman–Crippen LogP) is 4.52. The Kier molecular flexibility index (Phi) is 9.37. The number of fused-ring (bicyclic) bond motifs is 2. The molecule has 212 valence electrons. The van der Waals surface area contributed by atoms with Crippen LogP contribution in [0.25, 0.3) is 21.8 Å². The first kappa shape index (κ1) is 29.7. The van der Waals surface area contributed by atoms with Gasteiger partial charge in [0.1, 0.15) is 5.03 Å². The van der Waals surface area contributed by atoms with E-state index in [1.54, 1.807) is 28.8 Å². The van der Waals surface area contributed by atoms with E-state index in [2.05, 4.69) is 35.5 Å². The van der Waals surface area contributed by atoms with Crippen LogP contribution in [-0.2, 0) is 23.9 Å². The minimum atomic E-state index is -3.35. The molecule has 0 fully saturated rings. The molecule has 0 aliphatic rings. The monoisotopic (exact) mass is 610 g/mol. The molecule has 0 saturated heterocycles. The van der Waals surface area contributed by atoms with Crippen molar-refractivity contribution in [2.75, 3.05) is 23.6 Å². The lowest BCUT2D eigenvalue weighted by atomic mass is 10.2. The van der Waals surface area contributed by atoms with Gasteiger partial charge in [0, 0.05) is 54.9 Å². The quantitative estimate of drug-likeness (QED) is 0.125. The zero-order valence-corrected chi connectivity index (χ0v) is 25.0. The number of benzene rings is 2. The molecule has 12 nitrogen and oxygen atoms in total. The maximum Gasteiger partial charge on any atom is 0.228 e. The number of hydrogen-bond donors (Lipinski definition) is 2. The Morgan fingerprint density at radius 1 is 0.878 bits per heavy atom. The Bertz CT molecular complexity index is 1910. The number of thioether (sulfide) groups is 1. The smallest absolute Gasteiger partial charge is 0.228 e. The fraction of sp³-hybridized carbons (Fsp3) is 0.154. The van der Waals surface area contributed by atoms with E-state index < -0.39 is 9.84 Å².